The van der Waals surface area contributed by atoms with E-state index in [0.717, 1.165) is 12.1 Å². The van der Waals surface area contributed by atoms with Gasteiger partial charge in [0.25, 0.3) is 0 Å². The number of nitrogens with one attached hydrogen (secondary N) is 1. The molecule has 1 aromatic rings. The zero-order chi connectivity index (χ0) is 13.8. The quantitative estimate of drug-likeness (QED) is 0.370. The molecule has 0 saturated heterocycles. The number of rotatable bonds is 5. The van der Waals surface area contributed by atoms with Gasteiger partial charge in [-0.05, 0) is 31.0 Å². The Morgan fingerprint density at radius 1 is 1.39 bits per heavy atom. The van der Waals surface area contributed by atoms with Crippen molar-refractivity contribution >= 4 is 0 Å². The van der Waals surface area contributed by atoms with Gasteiger partial charge in [-0.3, -0.25) is 11.3 Å². The molecule has 1 rings (SSSR count). The highest BCUT2D eigenvalue weighted by Gasteiger charge is 2.31. The Hall–Kier alpha value is -1.40. The Bertz CT molecular complexity index is 415. The third kappa shape index (κ3) is 3.54. The fourth-order valence-corrected chi connectivity index (χ4v) is 1.60. The summed E-state index contributed by atoms with van der Waals surface area (Å²) in [7, 11) is 0. The first-order valence-corrected chi connectivity index (χ1v) is 5.33. The first-order valence-electron chi connectivity index (χ1n) is 5.33. The minimum Gasteiger partial charge on any atom is -0.271 e. The predicted octanol–water partition coefficient (Wildman–Crippen LogP) is 3.32. The van der Waals surface area contributed by atoms with Crippen molar-refractivity contribution < 1.29 is 17.6 Å². The summed E-state index contributed by atoms with van der Waals surface area (Å²) >= 11 is 0. The van der Waals surface area contributed by atoms with Crippen LogP contribution in [0.3, 0.4) is 0 Å². The Morgan fingerprint density at radius 2 is 2.06 bits per heavy atom. The number of hydrogen-bond donors (Lipinski definition) is 2. The molecule has 0 heterocycles. The molecule has 2 nitrogen and oxygen atoms in total. The number of halogens is 4. The van der Waals surface area contributed by atoms with E-state index in [0.29, 0.717) is 18.9 Å². The summed E-state index contributed by atoms with van der Waals surface area (Å²) < 4.78 is 51.1. The van der Waals surface area contributed by atoms with Crippen LogP contribution in [0.2, 0.25) is 0 Å². The third-order valence-corrected chi connectivity index (χ3v) is 2.56. The number of benzene rings is 1. The molecule has 0 aliphatic carbocycles. The van der Waals surface area contributed by atoms with E-state index in [1.54, 1.807) is 6.08 Å². The minimum atomic E-state index is -4.50. The van der Waals surface area contributed by atoms with Crippen LogP contribution in [0.4, 0.5) is 17.6 Å². The summed E-state index contributed by atoms with van der Waals surface area (Å²) in [6, 6.07) is 1.62. The maximum atomic E-state index is 13.5. The van der Waals surface area contributed by atoms with Gasteiger partial charge in [0.15, 0.2) is 0 Å². The van der Waals surface area contributed by atoms with Crippen LogP contribution >= 0.6 is 0 Å². The average Bonchev–Trinajstić information content (AvgIpc) is 2.30. The van der Waals surface area contributed by atoms with Crippen molar-refractivity contribution in [3.63, 3.8) is 0 Å². The monoisotopic (exact) mass is 262 g/mol. The first kappa shape index (κ1) is 14.7. The third-order valence-electron chi connectivity index (χ3n) is 2.56. The van der Waals surface area contributed by atoms with Crippen molar-refractivity contribution in [2.75, 3.05) is 0 Å². The van der Waals surface area contributed by atoms with Crippen LogP contribution in [-0.4, -0.2) is 0 Å². The number of allylic oxidation sites excluding steroid dienone is 1. The van der Waals surface area contributed by atoms with Crippen molar-refractivity contribution in [2.45, 2.75) is 25.1 Å². The Labute approximate surface area is 102 Å². The fraction of sp³-hybridized carbons (Fsp3) is 0.333. The number of hydrazine groups is 1. The molecule has 1 aromatic carbocycles. The summed E-state index contributed by atoms with van der Waals surface area (Å²) in [4.78, 5) is 0. The molecule has 0 saturated carbocycles. The fourth-order valence-electron chi connectivity index (χ4n) is 1.60. The summed E-state index contributed by atoms with van der Waals surface area (Å²) in [6.45, 7) is 3.50. The molecule has 3 N–H and O–H groups in total. The molecule has 0 aliphatic rings. The van der Waals surface area contributed by atoms with Crippen LogP contribution in [0, 0.1) is 5.82 Å². The average molecular weight is 262 g/mol. The van der Waals surface area contributed by atoms with E-state index in [9.17, 15) is 17.6 Å². The molecule has 18 heavy (non-hydrogen) atoms. The van der Waals surface area contributed by atoms with Gasteiger partial charge in [0.2, 0.25) is 0 Å². The van der Waals surface area contributed by atoms with Gasteiger partial charge >= 0.3 is 6.18 Å². The predicted molar refractivity (Wildman–Crippen MR) is 60.9 cm³/mol. The summed E-state index contributed by atoms with van der Waals surface area (Å²) in [5.41, 5.74) is 1.34. The molecular weight excluding hydrogens is 248 g/mol. The van der Waals surface area contributed by atoms with Crippen molar-refractivity contribution in [3.8, 4) is 0 Å². The van der Waals surface area contributed by atoms with E-state index in [-0.39, 0.29) is 5.56 Å². The normalized spacial score (nSPS) is 13.4. The van der Waals surface area contributed by atoms with E-state index >= 15 is 0 Å². The molecule has 0 aliphatic heterocycles. The molecule has 0 aromatic heterocycles. The highest BCUT2D eigenvalue weighted by molar-refractivity contribution is 5.29. The van der Waals surface area contributed by atoms with Crippen LogP contribution in [-0.2, 0) is 6.18 Å². The lowest BCUT2D eigenvalue weighted by atomic mass is 9.99. The zero-order valence-electron chi connectivity index (χ0n) is 9.60. The van der Waals surface area contributed by atoms with Gasteiger partial charge < -0.3 is 0 Å². The number of hydrogen-bond acceptors (Lipinski definition) is 2. The molecule has 1 atom stereocenters. The lowest BCUT2D eigenvalue weighted by molar-refractivity contribution is -0.137. The Kier molecular flexibility index (Phi) is 4.86. The second-order valence-corrected chi connectivity index (χ2v) is 3.82. The van der Waals surface area contributed by atoms with E-state index in [1.165, 1.54) is 0 Å². The minimum absolute atomic E-state index is 0.0887. The second-order valence-electron chi connectivity index (χ2n) is 3.82. The largest absolute Gasteiger partial charge is 0.416 e. The van der Waals surface area contributed by atoms with Gasteiger partial charge in [-0.25, -0.2) is 4.39 Å². The van der Waals surface area contributed by atoms with Crippen LogP contribution in [0.15, 0.2) is 30.9 Å². The van der Waals surface area contributed by atoms with Gasteiger partial charge in [-0.1, -0.05) is 6.08 Å². The van der Waals surface area contributed by atoms with Crippen LogP contribution in [0.1, 0.15) is 30.0 Å². The van der Waals surface area contributed by atoms with Crippen molar-refractivity contribution in [1.82, 2.24) is 5.43 Å². The lowest BCUT2D eigenvalue weighted by Gasteiger charge is -2.18. The van der Waals surface area contributed by atoms with E-state index < -0.39 is 23.6 Å². The summed E-state index contributed by atoms with van der Waals surface area (Å²) in [6.07, 6.45) is -2.02. The number of nitrogens with two attached hydrogens (primary N) is 1. The topological polar surface area (TPSA) is 38.0 Å². The van der Waals surface area contributed by atoms with Crippen molar-refractivity contribution in [3.05, 3.63) is 47.8 Å². The van der Waals surface area contributed by atoms with Crippen molar-refractivity contribution in [2.24, 2.45) is 5.84 Å². The van der Waals surface area contributed by atoms with Gasteiger partial charge in [-0.2, -0.15) is 13.2 Å². The molecule has 0 spiro atoms. The first-order chi connectivity index (χ1) is 8.40. The second kappa shape index (κ2) is 5.97. The van der Waals surface area contributed by atoms with E-state index in [4.69, 9.17) is 5.84 Å². The molecule has 0 bridgehead atoms. The van der Waals surface area contributed by atoms with E-state index in [1.807, 2.05) is 0 Å². The standard InChI is InChI=1S/C12H14F4N2/c1-2-3-4-11(18-17)9-7-8(12(14,15)16)5-6-10(9)13/h2,5-7,11,18H,1,3-4,17H2. The molecular formula is C12H14F4N2. The van der Waals surface area contributed by atoms with E-state index in [2.05, 4.69) is 12.0 Å². The van der Waals surface area contributed by atoms with Gasteiger partial charge in [0.1, 0.15) is 5.82 Å². The molecule has 0 amide bonds. The SMILES string of the molecule is C=CCCC(NN)c1cc(C(F)(F)F)ccc1F. The molecule has 1 unspecified atom stereocenters. The highest BCUT2D eigenvalue weighted by atomic mass is 19.4. The van der Waals surface area contributed by atoms with Crippen LogP contribution in [0.5, 0.6) is 0 Å². The zero-order valence-corrected chi connectivity index (χ0v) is 9.60. The maximum Gasteiger partial charge on any atom is 0.416 e. The van der Waals surface area contributed by atoms with Crippen LogP contribution < -0.4 is 11.3 Å². The molecule has 6 heteroatoms. The van der Waals surface area contributed by atoms with Gasteiger partial charge in [0, 0.05) is 11.6 Å². The smallest absolute Gasteiger partial charge is 0.271 e. The number of alkyl halides is 3. The lowest BCUT2D eigenvalue weighted by Crippen LogP contribution is -2.29. The molecule has 0 radical (unpaired) electrons. The summed E-state index contributed by atoms with van der Waals surface area (Å²) in [5.74, 6) is 4.53. The van der Waals surface area contributed by atoms with Crippen molar-refractivity contribution in [1.29, 1.82) is 0 Å². The Morgan fingerprint density at radius 3 is 2.56 bits per heavy atom. The highest BCUT2D eigenvalue weighted by Crippen LogP contribution is 2.32. The molecule has 100 valence electrons. The van der Waals surface area contributed by atoms with Crippen LogP contribution in [0.25, 0.3) is 0 Å². The maximum absolute atomic E-state index is 13.5. The Balaban J connectivity index is 3.08. The molecule has 0 fully saturated rings. The van der Waals surface area contributed by atoms with Gasteiger partial charge in [0.05, 0.1) is 5.56 Å². The summed E-state index contributed by atoms with van der Waals surface area (Å²) in [5, 5.41) is 0. The van der Waals surface area contributed by atoms with Gasteiger partial charge in [-0.15, -0.1) is 6.58 Å².